The molecule has 0 saturated heterocycles. The number of benzene rings is 2. The molecule has 1 amide bonds. The second kappa shape index (κ2) is 10.3. The predicted molar refractivity (Wildman–Crippen MR) is 113 cm³/mol. The first kappa shape index (κ1) is 21.3. The molecule has 0 radical (unpaired) electrons. The van der Waals surface area contributed by atoms with E-state index in [1.807, 2.05) is 50.2 Å². The number of ether oxygens (including phenoxy) is 2. The van der Waals surface area contributed by atoms with Gasteiger partial charge in [-0.05, 0) is 59.6 Å². The monoisotopic (exact) mass is 434 g/mol. The second-order valence-electron chi connectivity index (χ2n) is 6.58. The lowest BCUT2D eigenvalue weighted by Gasteiger charge is -2.16. The van der Waals surface area contributed by atoms with Crippen LogP contribution in [-0.4, -0.2) is 25.2 Å². The van der Waals surface area contributed by atoms with Crippen LogP contribution in [-0.2, 0) is 11.3 Å². The zero-order valence-corrected chi connectivity index (χ0v) is 17.9. The lowest BCUT2D eigenvalue weighted by Crippen LogP contribution is -2.22. The van der Waals surface area contributed by atoms with E-state index in [0.717, 1.165) is 27.8 Å². The molecule has 27 heavy (non-hydrogen) atoms. The molecule has 0 unspecified atom stereocenters. The van der Waals surface area contributed by atoms with Crippen LogP contribution in [0.25, 0.3) is 0 Å². The average Bonchev–Trinajstić information content (AvgIpc) is 2.61. The number of halogens is 1. The largest absolute Gasteiger partial charge is 0.490 e. The number of rotatable bonds is 9. The maximum absolute atomic E-state index is 12.2. The highest BCUT2D eigenvalue weighted by atomic mass is 79.9. The van der Waals surface area contributed by atoms with Crippen LogP contribution in [0, 0.1) is 6.92 Å². The highest BCUT2D eigenvalue weighted by molar-refractivity contribution is 9.10. The number of hydrogen-bond donors (Lipinski definition) is 2. The molecule has 2 aromatic carbocycles. The summed E-state index contributed by atoms with van der Waals surface area (Å²) in [6, 6.07) is 11.9. The summed E-state index contributed by atoms with van der Waals surface area (Å²) in [7, 11) is 0. The van der Waals surface area contributed by atoms with E-state index in [-0.39, 0.29) is 12.5 Å². The normalized spacial score (nSPS) is 10.7. The van der Waals surface area contributed by atoms with E-state index in [4.69, 9.17) is 9.47 Å². The SMILES string of the molecule is CCOc1cc(CNC(C)C)cc(Br)c1OCC(=O)Nc1ccc(C)cc1. The zero-order chi connectivity index (χ0) is 19.8. The summed E-state index contributed by atoms with van der Waals surface area (Å²) in [4.78, 5) is 12.2. The number of amides is 1. The quantitative estimate of drug-likeness (QED) is 0.601. The minimum absolute atomic E-state index is 0.101. The van der Waals surface area contributed by atoms with Gasteiger partial charge < -0.3 is 20.1 Å². The zero-order valence-electron chi connectivity index (χ0n) is 16.3. The smallest absolute Gasteiger partial charge is 0.262 e. The highest BCUT2D eigenvalue weighted by Gasteiger charge is 2.14. The van der Waals surface area contributed by atoms with Crippen molar-refractivity contribution in [3.63, 3.8) is 0 Å². The molecule has 0 bridgehead atoms. The van der Waals surface area contributed by atoms with Crippen LogP contribution in [0.15, 0.2) is 40.9 Å². The van der Waals surface area contributed by atoms with E-state index in [2.05, 4.69) is 40.4 Å². The molecule has 0 atom stereocenters. The van der Waals surface area contributed by atoms with Crippen LogP contribution in [0.4, 0.5) is 5.69 Å². The molecule has 2 rings (SSSR count). The van der Waals surface area contributed by atoms with Gasteiger partial charge in [-0.25, -0.2) is 0 Å². The molecule has 0 aromatic heterocycles. The number of hydrogen-bond acceptors (Lipinski definition) is 4. The first-order chi connectivity index (χ1) is 12.9. The fourth-order valence-electron chi connectivity index (χ4n) is 2.42. The van der Waals surface area contributed by atoms with Crippen molar-refractivity contribution < 1.29 is 14.3 Å². The van der Waals surface area contributed by atoms with Gasteiger partial charge in [-0.15, -0.1) is 0 Å². The van der Waals surface area contributed by atoms with Crippen molar-refractivity contribution in [1.29, 1.82) is 0 Å². The van der Waals surface area contributed by atoms with E-state index in [1.54, 1.807) is 0 Å². The molecule has 0 aliphatic rings. The minimum Gasteiger partial charge on any atom is -0.490 e. The third kappa shape index (κ3) is 6.88. The molecule has 0 aliphatic heterocycles. The fourth-order valence-corrected chi connectivity index (χ4v) is 3.02. The van der Waals surface area contributed by atoms with Crippen LogP contribution in [0.3, 0.4) is 0 Å². The number of aryl methyl sites for hydroxylation is 1. The second-order valence-corrected chi connectivity index (χ2v) is 7.43. The van der Waals surface area contributed by atoms with E-state index < -0.39 is 0 Å². The van der Waals surface area contributed by atoms with Crippen molar-refractivity contribution in [2.75, 3.05) is 18.5 Å². The van der Waals surface area contributed by atoms with Crippen molar-refractivity contribution in [3.05, 3.63) is 52.0 Å². The lowest BCUT2D eigenvalue weighted by molar-refractivity contribution is -0.118. The molecule has 6 heteroatoms. The van der Waals surface area contributed by atoms with Gasteiger partial charge in [0.2, 0.25) is 0 Å². The molecule has 0 aliphatic carbocycles. The molecular weight excluding hydrogens is 408 g/mol. The number of anilines is 1. The van der Waals surface area contributed by atoms with Gasteiger partial charge in [-0.2, -0.15) is 0 Å². The van der Waals surface area contributed by atoms with Gasteiger partial charge in [0.05, 0.1) is 11.1 Å². The average molecular weight is 435 g/mol. The van der Waals surface area contributed by atoms with Crippen LogP contribution >= 0.6 is 15.9 Å². The number of nitrogens with one attached hydrogen (secondary N) is 2. The van der Waals surface area contributed by atoms with Crippen molar-refractivity contribution >= 4 is 27.5 Å². The summed E-state index contributed by atoms with van der Waals surface area (Å²) >= 11 is 3.54. The van der Waals surface area contributed by atoms with Crippen molar-refractivity contribution in [1.82, 2.24) is 5.32 Å². The Hall–Kier alpha value is -2.05. The maximum atomic E-state index is 12.2. The Kier molecular flexibility index (Phi) is 8.13. The molecule has 0 heterocycles. The Labute approximate surface area is 169 Å². The van der Waals surface area contributed by atoms with Crippen LogP contribution in [0.1, 0.15) is 31.9 Å². The summed E-state index contributed by atoms with van der Waals surface area (Å²) in [5, 5.41) is 6.20. The van der Waals surface area contributed by atoms with Gasteiger partial charge in [-0.3, -0.25) is 4.79 Å². The Morgan fingerprint density at radius 2 is 1.85 bits per heavy atom. The molecular formula is C21H27BrN2O3. The van der Waals surface area contributed by atoms with Crippen LogP contribution in [0.5, 0.6) is 11.5 Å². The molecule has 0 spiro atoms. The first-order valence-corrected chi connectivity index (χ1v) is 9.86. The lowest BCUT2D eigenvalue weighted by atomic mass is 10.2. The van der Waals surface area contributed by atoms with E-state index in [1.165, 1.54) is 0 Å². The van der Waals surface area contributed by atoms with Crippen molar-refractivity contribution in [2.24, 2.45) is 0 Å². The summed E-state index contributed by atoms with van der Waals surface area (Å²) in [6.45, 7) is 9.26. The molecule has 0 fully saturated rings. The summed E-state index contributed by atoms with van der Waals surface area (Å²) < 4.78 is 12.2. The molecule has 146 valence electrons. The molecule has 5 nitrogen and oxygen atoms in total. The molecule has 0 saturated carbocycles. The van der Waals surface area contributed by atoms with E-state index >= 15 is 0 Å². The first-order valence-electron chi connectivity index (χ1n) is 9.07. The maximum Gasteiger partial charge on any atom is 0.262 e. The van der Waals surface area contributed by atoms with Gasteiger partial charge in [0.1, 0.15) is 0 Å². The van der Waals surface area contributed by atoms with Gasteiger partial charge >= 0.3 is 0 Å². The molecule has 2 aromatic rings. The fraction of sp³-hybridized carbons (Fsp3) is 0.381. The minimum atomic E-state index is -0.223. The van der Waals surface area contributed by atoms with Gasteiger partial charge in [-0.1, -0.05) is 31.5 Å². The summed E-state index contributed by atoms with van der Waals surface area (Å²) in [6.07, 6.45) is 0. The Morgan fingerprint density at radius 1 is 1.15 bits per heavy atom. The van der Waals surface area contributed by atoms with Gasteiger partial charge in [0.25, 0.3) is 5.91 Å². The Bertz CT molecular complexity index is 761. The predicted octanol–water partition coefficient (Wildman–Crippen LogP) is 4.67. The molecule has 2 N–H and O–H groups in total. The number of carbonyl (C=O) groups is 1. The van der Waals surface area contributed by atoms with Crippen LogP contribution in [0.2, 0.25) is 0 Å². The Balaban J connectivity index is 2.05. The van der Waals surface area contributed by atoms with Crippen molar-refractivity contribution in [2.45, 2.75) is 40.3 Å². The third-order valence-electron chi connectivity index (χ3n) is 3.77. The van der Waals surface area contributed by atoms with Crippen LogP contribution < -0.4 is 20.1 Å². The van der Waals surface area contributed by atoms with Crippen molar-refractivity contribution in [3.8, 4) is 11.5 Å². The summed E-state index contributed by atoms with van der Waals surface area (Å²) in [5.41, 5.74) is 2.96. The van der Waals surface area contributed by atoms with Gasteiger partial charge in [0, 0.05) is 18.3 Å². The third-order valence-corrected chi connectivity index (χ3v) is 4.36. The topological polar surface area (TPSA) is 59.6 Å². The summed E-state index contributed by atoms with van der Waals surface area (Å²) in [5.74, 6) is 0.929. The number of carbonyl (C=O) groups excluding carboxylic acids is 1. The van der Waals surface area contributed by atoms with E-state index in [0.29, 0.717) is 24.1 Å². The van der Waals surface area contributed by atoms with E-state index in [9.17, 15) is 4.79 Å². The Morgan fingerprint density at radius 3 is 2.48 bits per heavy atom. The van der Waals surface area contributed by atoms with Gasteiger partial charge in [0.15, 0.2) is 18.1 Å². The highest BCUT2D eigenvalue weighted by Crippen LogP contribution is 2.37. The standard InChI is InChI=1S/C21H27BrN2O3/c1-5-26-19-11-16(12-23-14(2)3)10-18(22)21(19)27-13-20(25)24-17-8-6-15(4)7-9-17/h6-11,14,23H,5,12-13H2,1-4H3,(H,24,25).